The van der Waals surface area contributed by atoms with Gasteiger partial charge in [0, 0.05) is 30.2 Å². The summed E-state index contributed by atoms with van der Waals surface area (Å²) >= 11 is 5.82. The van der Waals surface area contributed by atoms with Crippen molar-refractivity contribution in [1.29, 1.82) is 0 Å². The molecular formula is C19H16ClN3O2. The molecule has 6 heteroatoms. The number of pyridine rings is 3. The molecule has 0 amide bonds. The van der Waals surface area contributed by atoms with Crippen LogP contribution in [0, 0.1) is 5.92 Å². The molecule has 25 heavy (non-hydrogen) atoms. The summed E-state index contributed by atoms with van der Waals surface area (Å²) in [5, 5.41) is 11.9. The second-order valence-electron chi connectivity index (χ2n) is 6.08. The Morgan fingerprint density at radius 3 is 2.52 bits per heavy atom. The predicted octanol–water partition coefficient (Wildman–Crippen LogP) is 3.96. The van der Waals surface area contributed by atoms with E-state index >= 15 is 0 Å². The minimum atomic E-state index is -1.12. The van der Waals surface area contributed by atoms with Crippen molar-refractivity contribution in [2.45, 2.75) is 18.4 Å². The fourth-order valence-electron chi connectivity index (χ4n) is 2.89. The molecule has 1 saturated carbocycles. The number of halogens is 1. The molecule has 4 rings (SSSR count). The van der Waals surface area contributed by atoms with Crippen LogP contribution in [-0.4, -0.2) is 20.1 Å². The highest BCUT2D eigenvalue weighted by Crippen LogP contribution is 2.49. The molecular weight excluding hydrogens is 338 g/mol. The van der Waals surface area contributed by atoms with Crippen LogP contribution in [0.15, 0.2) is 61.2 Å². The first-order valence-corrected chi connectivity index (χ1v) is 8.43. The van der Waals surface area contributed by atoms with Gasteiger partial charge in [-0.3, -0.25) is 9.97 Å². The molecule has 1 atom stereocenters. The third kappa shape index (κ3) is 3.21. The smallest absolute Gasteiger partial charge is 0.219 e. The summed E-state index contributed by atoms with van der Waals surface area (Å²) in [4.78, 5) is 12.7. The maximum absolute atomic E-state index is 11.3. The van der Waals surface area contributed by atoms with Crippen LogP contribution in [0.3, 0.4) is 0 Å². The third-order valence-electron chi connectivity index (χ3n) is 4.32. The average molecular weight is 354 g/mol. The van der Waals surface area contributed by atoms with Crippen molar-refractivity contribution in [2.75, 3.05) is 0 Å². The number of hydrogen-bond acceptors (Lipinski definition) is 5. The van der Waals surface area contributed by atoms with Gasteiger partial charge in [0.2, 0.25) is 5.88 Å². The van der Waals surface area contributed by atoms with Gasteiger partial charge < -0.3 is 9.84 Å². The van der Waals surface area contributed by atoms with Crippen molar-refractivity contribution in [3.8, 4) is 11.6 Å². The van der Waals surface area contributed by atoms with Crippen LogP contribution in [-0.2, 0) is 5.60 Å². The molecule has 1 aliphatic carbocycles. The number of aliphatic hydroxyl groups is 1. The van der Waals surface area contributed by atoms with Crippen LogP contribution in [0.1, 0.15) is 24.1 Å². The monoisotopic (exact) mass is 353 g/mol. The largest absolute Gasteiger partial charge is 0.437 e. The lowest BCUT2D eigenvalue weighted by Crippen LogP contribution is -2.31. The Morgan fingerprint density at radius 1 is 1.04 bits per heavy atom. The number of nitrogens with zero attached hydrogens (tertiary/aromatic N) is 3. The second kappa shape index (κ2) is 6.43. The Kier molecular flexibility index (Phi) is 4.11. The van der Waals surface area contributed by atoms with Crippen molar-refractivity contribution in [1.82, 2.24) is 15.0 Å². The van der Waals surface area contributed by atoms with Crippen molar-refractivity contribution in [2.24, 2.45) is 5.92 Å². The fraction of sp³-hybridized carbons (Fsp3) is 0.211. The summed E-state index contributed by atoms with van der Waals surface area (Å²) in [6, 6.07) is 10.7. The normalized spacial score (nSPS) is 16.2. The zero-order chi connectivity index (χ0) is 17.3. The highest BCUT2D eigenvalue weighted by atomic mass is 35.5. The molecule has 1 unspecified atom stereocenters. The Labute approximate surface area is 150 Å². The van der Waals surface area contributed by atoms with Gasteiger partial charge in [-0.1, -0.05) is 17.7 Å². The summed E-state index contributed by atoms with van der Waals surface area (Å²) in [5.74, 6) is 1.14. The van der Waals surface area contributed by atoms with E-state index in [0.717, 1.165) is 18.4 Å². The molecule has 0 aromatic carbocycles. The molecule has 3 heterocycles. The van der Waals surface area contributed by atoms with E-state index in [1.807, 2.05) is 12.1 Å². The topological polar surface area (TPSA) is 68.1 Å². The second-order valence-corrected chi connectivity index (χ2v) is 6.51. The van der Waals surface area contributed by atoms with E-state index in [0.29, 0.717) is 22.3 Å². The Morgan fingerprint density at radius 2 is 1.92 bits per heavy atom. The van der Waals surface area contributed by atoms with Crippen LogP contribution in [0.25, 0.3) is 0 Å². The van der Waals surface area contributed by atoms with Gasteiger partial charge in [0.15, 0.2) is 0 Å². The van der Waals surface area contributed by atoms with Crippen molar-refractivity contribution in [3.05, 3.63) is 77.5 Å². The first kappa shape index (κ1) is 16.0. The molecule has 5 nitrogen and oxygen atoms in total. The van der Waals surface area contributed by atoms with Crippen LogP contribution in [0.2, 0.25) is 5.02 Å². The van der Waals surface area contributed by atoms with Gasteiger partial charge >= 0.3 is 0 Å². The first-order chi connectivity index (χ1) is 12.2. The van der Waals surface area contributed by atoms with E-state index in [-0.39, 0.29) is 5.92 Å². The van der Waals surface area contributed by atoms with Crippen LogP contribution in [0.5, 0.6) is 11.6 Å². The lowest BCUT2D eigenvalue weighted by Gasteiger charge is -2.28. The average Bonchev–Trinajstić information content (AvgIpc) is 3.50. The molecule has 3 aromatic heterocycles. The summed E-state index contributed by atoms with van der Waals surface area (Å²) in [7, 11) is 0. The Bertz CT molecular complexity index is 852. The molecule has 0 radical (unpaired) electrons. The van der Waals surface area contributed by atoms with Crippen molar-refractivity contribution >= 4 is 11.6 Å². The number of hydrogen-bond donors (Lipinski definition) is 1. The fourth-order valence-corrected chi connectivity index (χ4v) is 3.00. The SMILES string of the molecule is OC(c1cccnc1)(c1ccc(Oc2ccc(Cl)cn2)cn1)C1CC1. The maximum Gasteiger partial charge on any atom is 0.219 e. The van der Waals surface area contributed by atoms with Gasteiger partial charge in [0.25, 0.3) is 0 Å². The zero-order valence-corrected chi connectivity index (χ0v) is 14.1. The molecule has 1 aliphatic rings. The van der Waals surface area contributed by atoms with Gasteiger partial charge in [-0.2, -0.15) is 0 Å². The Hall–Kier alpha value is -2.50. The molecule has 0 saturated heterocycles. The minimum absolute atomic E-state index is 0.161. The van der Waals surface area contributed by atoms with Crippen molar-refractivity contribution in [3.63, 3.8) is 0 Å². The van der Waals surface area contributed by atoms with Gasteiger partial charge in [-0.25, -0.2) is 4.98 Å². The quantitative estimate of drug-likeness (QED) is 0.751. The summed E-state index contributed by atoms with van der Waals surface area (Å²) < 4.78 is 5.66. The van der Waals surface area contributed by atoms with Gasteiger partial charge in [-0.15, -0.1) is 0 Å². The summed E-state index contributed by atoms with van der Waals surface area (Å²) in [6.45, 7) is 0. The number of rotatable bonds is 5. The van der Waals surface area contributed by atoms with Gasteiger partial charge in [-0.05, 0) is 43.0 Å². The number of aromatic nitrogens is 3. The van der Waals surface area contributed by atoms with E-state index in [2.05, 4.69) is 15.0 Å². The third-order valence-corrected chi connectivity index (χ3v) is 4.54. The first-order valence-electron chi connectivity index (χ1n) is 8.05. The van der Waals surface area contributed by atoms with E-state index in [4.69, 9.17) is 16.3 Å². The van der Waals surface area contributed by atoms with Crippen LogP contribution in [0.4, 0.5) is 0 Å². The van der Waals surface area contributed by atoms with E-state index in [9.17, 15) is 5.11 Å². The molecule has 0 aliphatic heterocycles. The molecule has 3 aromatic rings. The van der Waals surface area contributed by atoms with Crippen molar-refractivity contribution < 1.29 is 9.84 Å². The van der Waals surface area contributed by atoms with Crippen LogP contribution < -0.4 is 4.74 Å². The standard InChI is InChI=1S/C19H16ClN3O2/c20-15-5-8-18(23-11-15)25-16-6-7-17(22-12-16)19(24,13-3-4-13)14-2-1-9-21-10-14/h1-2,5-13,24H,3-4H2. The zero-order valence-electron chi connectivity index (χ0n) is 13.3. The highest BCUT2D eigenvalue weighted by Gasteiger charge is 2.47. The maximum atomic E-state index is 11.3. The highest BCUT2D eigenvalue weighted by molar-refractivity contribution is 6.30. The van der Waals surface area contributed by atoms with Crippen LogP contribution >= 0.6 is 11.6 Å². The van der Waals surface area contributed by atoms with E-state index in [1.165, 1.54) is 6.20 Å². The van der Waals surface area contributed by atoms with Gasteiger partial charge in [0.1, 0.15) is 11.4 Å². The lowest BCUT2D eigenvalue weighted by molar-refractivity contribution is 0.0515. The minimum Gasteiger partial charge on any atom is -0.437 e. The molecule has 0 spiro atoms. The molecule has 0 bridgehead atoms. The number of ether oxygens (including phenoxy) is 1. The Balaban J connectivity index is 1.61. The van der Waals surface area contributed by atoms with Gasteiger partial charge in [0.05, 0.1) is 16.9 Å². The summed E-state index contributed by atoms with van der Waals surface area (Å²) in [6.07, 6.45) is 8.45. The predicted molar refractivity (Wildman–Crippen MR) is 93.5 cm³/mol. The molecule has 126 valence electrons. The van der Waals surface area contributed by atoms with E-state index in [1.54, 1.807) is 42.9 Å². The summed E-state index contributed by atoms with van der Waals surface area (Å²) in [5.41, 5.74) is 0.239. The lowest BCUT2D eigenvalue weighted by atomic mass is 9.86. The van der Waals surface area contributed by atoms with E-state index < -0.39 is 5.60 Å². The molecule has 1 fully saturated rings. The molecule has 1 N–H and O–H groups in total.